The molecular formula is C14H27NO2Si. The minimum absolute atomic E-state index is 0.248. The van der Waals surface area contributed by atoms with E-state index in [1.807, 2.05) is 0 Å². The van der Waals surface area contributed by atoms with Crippen LogP contribution in [-0.4, -0.2) is 37.8 Å². The van der Waals surface area contributed by atoms with Gasteiger partial charge in [-0.3, -0.25) is 4.79 Å². The maximum absolute atomic E-state index is 11.8. The Balaban J connectivity index is 2.07. The van der Waals surface area contributed by atoms with Crippen molar-refractivity contribution in [3.05, 3.63) is 0 Å². The molecule has 2 aliphatic rings. The van der Waals surface area contributed by atoms with E-state index in [9.17, 15) is 4.79 Å². The molecule has 2 saturated heterocycles. The first-order valence-electron chi connectivity index (χ1n) is 7.20. The number of hydrogen-bond donors (Lipinski definition) is 0. The normalized spacial score (nSPS) is 29.6. The summed E-state index contributed by atoms with van der Waals surface area (Å²) in [6.45, 7) is 12.4. The highest BCUT2D eigenvalue weighted by Gasteiger charge is 2.45. The van der Waals surface area contributed by atoms with Crippen LogP contribution in [0.1, 0.15) is 46.5 Å². The van der Waals surface area contributed by atoms with E-state index >= 15 is 0 Å². The Morgan fingerprint density at radius 1 is 1.28 bits per heavy atom. The zero-order valence-electron chi connectivity index (χ0n) is 12.5. The highest BCUT2D eigenvalue weighted by atomic mass is 28.4. The Bertz CT molecular complexity index is 335. The SMILES string of the molecule is CC(C)(C)[Si](C)(C)O[C@H]1CCCN2C(=O)CC[C@H]12. The number of rotatable bonds is 2. The summed E-state index contributed by atoms with van der Waals surface area (Å²) in [4.78, 5) is 13.9. The van der Waals surface area contributed by atoms with Crippen LogP contribution in [0.25, 0.3) is 0 Å². The summed E-state index contributed by atoms with van der Waals surface area (Å²) >= 11 is 0. The van der Waals surface area contributed by atoms with Crippen LogP contribution in [0.4, 0.5) is 0 Å². The monoisotopic (exact) mass is 269 g/mol. The lowest BCUT2D eigenvalue weighted by Gasteiger charge is -2.44. The van der Waals surface area contributed by atoms with Crippen molar-refractivity contribution < 1.29 is 9.22 Å². The molecule has 104 valence electrons. The smallest absolute Gasteiger partial charge is 0.222 e. The van der Waals surface area contributed by atoms with Crippen LogP contribution >= 0.6 is 0 Å². The van der Waals surface area contributed by atoms with Gasteiger partial charge in [-0.15, -0.1) is 0 Å². The molecule has 0 radical (unpaired) electrons. The minimum Gasteiger partial charge on any atom is -0.412 e. The van der Waals surface area contributed by atoms with E-state index in [0.717, 1.165) is 32.2 Å². The van der Waals surface area contributed by atoms with Crippen molar-refractivity contribution in [3.63, 3.8) is 0 Å². The van der Waals surface area contributed by atoms with Gasteiger partial charge in [-0.25, -0.2) is 0 Å². The van der Waals surface area contributed by atoms with E-state index in [1.54, 1.807) is 0 Å². The van der Waals surface area contributed by atoms with E-state index in [-0.39, 0.29) is 11.1 Å². The second-order valence-corrected chi connectivity index (χ2v) is 12.0. The topological polar surface area (TPSA) is 29.5 Å². The van der Waals surface area contributed by atoms with Gasteiger partial charge in [0.1, 0.15) is 0 Å². The lowest BCUT2D eigenvalue weighted by molar-refractivity contribution is -0.131. The lowest BCUT2D eigenvalue weighted by atomic mass is 10.00. The molecule has 0 aromatic carbocycles. The van der Waals surface area contributed by atoms with Gasteiger partial charge in [0.05, 0.1) is 12.1 Å². The Labute approximate surface area is 112 Å². The third kappa shape index (κ3) is 2.50. The van der Waals surface area contributed by atoms with Crippen molar-refractivity contribution in [2.75, 3.05) is 6.54 Å². The van der Waals surface area contributed by atoms with Crippen LogP contribution in [0, 0.1) is 0 Å². The van der Waals surface area contributed by atoms with Crippen LogP contribution < -0.4 is 0 Å². The molecule has 0 bridgehead atoms. The molecule has 0 unspecified atom stereocenters. The van der Waals surface area contributed by atoms with Gasteiger partial charge in [0.2, 0.25) is 5.91 Å². The molecule has 0 N–H and O–H groups in total. The van der Waals surface area contributed by atoms with Crippen molar-refractivity contribution in [3.8, 4) is 0 Å². The predicted molar refractivity (Wildman–Crippen MR) is 76.0 cm³/mol. The number of hydrogen-bond acceptors (Lipinski definition) is 2. The van der Waals surface area contributed by atoms with Gasteiger partial charge in [0, 0.05) is 13.0 Å². The number of carbonyl (C=O) groups is 1. The largest absolute Gasteiger partial charge is 0.412 e. The number of fused-ring (bicyclic) bond motifs is 1. The van der Waals surface area contributed by atoms with Crippen LogP contribution in [-0.2, 0) is 9.22 Å². The van der Waals surface area contributed by atoms with Gasteiger partial charge in [0.25, 0.3) is 0 Å². The molecule has 2 atom stereocenters. The summed E-state index contributed by atoms with van der Waals surface area (Å²) in [6.07, 6.45) is 4.23. The number of nitrogens with zero attached hydrogens (tertiary/aromatic N) is 1. The summed E-state index contributed by atoms with van der Waals surface area (Å²) in [7, 11) is -1.71. The number of piperidine rings is 1. The van der Waals surface area contributed by atoms with Gasteiger partial charge >= 0.3 is 0 Å². The van der Waals surface area contributed by atoms with E-state index in [0.29, 0.717) is 11.9 Å². The maximum atomic E-state index is 11.8. The summed E-state index contributed by atoms with van der Waals surface area (Å²) in [6, 6.07) is 0.361. The van der Waals surface area contributed by atoms with Crippen molar-refractivity contribution in [2.24, 2.45) is 0 Å². The molecule has 3 nitrogen and oxygen atoms in total. The summed E-state index contributed by atoms with van der Waals surface area (Å²) in [5, 5.41) is 0.248. The molecule has 2 rings (SSSR count). The predicted octanol–water partition coefficient (Wildman–Crippen LogP) is 3.16. The fourth-order valence-electron chi connectivity index (χ4n) is 2.78. The first-order chi connectivity index (χ1) is 8.22. The summed E-state index contributed by atoms with van der Waals surface area (Å²) in [5.41, 5.74) is 0. The zero-order valence-corrected chi connectivity index (χ0v) is 13.5. The van der Waals surface area contributed by atoms with Crippen LogP contribution in [0.15, 0.2) is 0 Å². The first-order valence-corrected chi connectivity index (χ1v) is 10.1. The molecule has 0 spiro atoms. The molecule has 2 fully saturated rings. The Hall–Kier alpha value is -0.353. The molecule has 4 heteroatoms. The third-order valence-electron chi connectivity index (χ3n) is 4.94. The van der Waals surface area contributed by atoms with Crippen molar-refractivity contribution in [1.82, 2.24) is 4.90 Å². The van der Waals surface area contributed by atoms with Gasteiger partial charge < -0.3 is 9.33 Å². The Kier molecular flexibility index (Phi) is 3.62. The molecule has 2 heterocycles. The molecule has 0 aromatic heterocycles. The van der Waals surface area contributed by atoms with Crippen molar-refractivity contribution in [1.29, 1.82) is 0 Å². The van der Waals surface area contributed by atoms with Crippen LogP contribution in [0.5, 0.6) is 0 Å². The van der Waals surface area contributed by atoms with Crippen molar-refractivity contribution >= 4 is 14.2 Å². The summed E-state index contributed by atoms with van der Waals surface area (Å²) in [5.74, 6) is 0.337. The lowest BCUT2D eigenvalue weighted by Crippen LogP contribution is -2.53. The average molecular weight is 269 g/mol. The Morgan fingerprint density at radius 3 is 2.56 bits per heavy atom. The standard InChI is InChI=1S/C14H27NO2Si/c1-14(2,3)18(4,5)17-12-7-6-10-15-11(12)8-9-13(15)16/h11-12H,6-10H2,1-5H3/t11-,12+/m1/s1. The first kappa shape index (κ1) is 14.1. The van der Waals surface area contributed by atoms with Gasteiger partial charge in [-0.2, -0.15) is 0 Å². The van der Waals surface area contributed by atoms with Crippen LogP contribution in [0.3, 0.4) is 0 Å². The molecule has 1 amide bonds. The molecule has 0 aromatic rings. The fraction of sp³-hybridized carbons (Fsp3) is 0.929. The molecule has 0 aliphatic carbocycles. The molecule has 18 heavy (non-hydrogen) atoms. The quantitative estimate of drug-likeness (QED) is 0.721. The maximum Gasteiger partial charge on any atom is 0.222 e. The van der Waals surface area contributed by atoms with E-state index in [2.05, 4.69) is 38.8 Å². The van der Waals surface area contributed by atoms with E-state index < -0.39 is 8.32 Å². The van der Waals surface area contributed by atoms with Crippen molar-refractivity contribution in [2.45, 2.75) is 76.7 Å². The highest BCUT2D eigenvalue weighted by Crippen LogP contribution is 2.40. The molecular weight excluding hydrogens is 242 g/mol. The molecule has 2 aliphatic heterocycles. The summed E-state index contributed by atoms with van der Waals surface area (Å²) < 4.78 is 6.55. The Morgan fingerprint density at radius 2 is 1.94 bits per heavy atom. The number of carbonyl (C=O) groups excluding carboxylic acids is 1. The second kappa shape index (κ2) is 4.64. The van der Waals surface area contributed by atoms with E-state index in [1.165, 1.54) is 0 Å². The minimum atomic E-state index is -1.71. The van der Waals surface area contributed by atoms with Gasteiger partial charge in [-0.1, -0.05) is 20.8 Å². The molecule has 0 saturated carbocycles. The van der Waals surface area contributed by atoms with E-state index in [4.69, 9.17) is 4.43 Å². The third-order valence-corrected chi connectivity index (χ3v) is 9.45. The van der Waals surface area contributed by atoms with Gasteiger partial charge in [0.15, 0.2) is 8.32 Å². The zero-order chi connectivity index (χ0) is 13.6. The van der Waals surface area contributed by atoms with Crippen LogP contribution in [0.2, 0.25) is 18.1 Å². The average Bonchev–Trinajstić information content (AvgIpc) is 2.60. The highest BCUT2D eigenvalue weighted by molar-refractivity contribution is 6.74. The van der Waals surface area contributed by atoms with Gasteiger partial charge in [-0.05, 0) is 37.4 Å². The second-order valence-electron chi connectivity index (χ2n) is 7.25. The number of amides is 1. The fourth-order valence-corrected chi connectivity index (χ4v) is 4.17.